The Kier molecular flexibility index (Phi) is 4.95. The first-order valence-electron chi connectivity index (χ1n) is 5.79. The molecule has 1 aromatic carbocycles. The van der Waals surface area contributed by atoms with Crippen LogP contribution < -0.4 is 10.1 Å². The van der Waals surface area contributed by atoms with Crippen molar-refractivity contribution in [3.63, 3.8) is 0 Å². The number of carbonyl (C=O) groups is 1. The number of methoxy groups -OCH3 is 1. The molecule has 0 saturated carbocycles. The third-order valence-corrected chi connectivity index (χ3v) is 3.52. The molecule has 0 fully saturated rings. The second kappa shape index (κ2) is 5.98. The van der Waals surface area contributed by atoms with Gasteiger partial charge in [0, 0.05) is 16.7 Å². The summed E-state index contributed by atoms with van der Waals surface area (Å²) in [5.41, 5.74) is -0.942. The Bertz CT molecular complexity index is 650. The summed E-state index contributed by atoms with van der Waals surface area (Å²) >= 11 is 0. The van der Waals surface area contributed by atoms with Crippen LogP contribution in [0.3, 0.4) is 0 Å². The molecule has 7 nitrogen and oxygen atoms in total. The molecule has 1 aromatic rings. The number of ether oxygens (including phenoxy) is 2. The van der Waals surface area contributed by atoms with Gasteiger partial charge in [-0.3, -0.25) is 5.32 Å². The Balaban J connectivity index is 3.20. The van der Waals surface area contributed by atoms with E-state index in [1.165, 1.54) is 7.11 Å². The average Bonchev–Trinajstić information content (AvgIpc) is 2.27. The van der Waals surface area contributed by atoms with Crippen molar-refractivity contribution in [2.24, 2.45) is 0 Å². The number of phenolic OH excluding ortho intramolecular Hbond substituents is 1. The van der Waals surface area contributed by atoms with Crippen molar-refractivity contribution < 1.29 is 27.8 Å². The molecule has 0 aliphatic heterocycles. The maximum Gasteiger partial charge on any atom is 0.412 e. The van der Waals surface area contributed by atoms with Crippen molar-refractivity contribution in [1.82, 2.24) is 0 Å². The van der Waals surface area contributed by atoms with E-state index in [0.717, 1.165) is 12.1 Å². The summed E-state index contributed by atoms with van der Waals surface area (Å²) in [6.07, 6.45) is -0.857. The maximum absolute atomic E-state index is 11.7. The van der Waals surface area contributed by atoms with Crippen LogP contribution in [0, 0.1) is 0 Å². The van der Waals surface area contributed by atoms with Crippen molar-refractivity contribution in [2.45, 2.75) is 31.3 Å². The molecule has 2 N–H and O–H groups in total. The predicted octanol–water partition coefficient (Wildman–Crippen LogP) is 2.68. The highest BCUT2D eigenvalue weighted by atomic mass is 35.7. The van der Waals surface area contributed by atoms with Crippen molar-refractivity contribution in [3.05, 3.63) is 12.1 Å². The average molecular weight is 338 g/mol. The van der Waals surface area contributed by atoms with Gasteiger partial charge in [0.05, 0.1) is 17.7 Å². The zero-order chi connectivity index (χ0) is 16.4. The van der Waals surface area contributed by atoms with Crippen molar-refractivity contribution in [2.75, 3.05) is 12.4 Å². The van der Waals surface area contributed by atoms with Crippen LogP contribution in [0.1, 0.15) is 20.8 Å². The predicted molar refractivity (Wildman–Crippen MR) is 77.6 cm³/mol. The first-order chi connectivity index (χ1) is 9.44. The lowest BCUT2D eigenvalue weighted by Gasteiger charge is -2.20. The number of amides is 1. The lowest BCUT2D eigenvalue weighted by Crippen LogP contribution is -2.27. The lowest BCUT2D eigenvalue weighted by molar-refractivity contribution is 0.0635. The summed E-state index contributed by atoms with van der Waals surface area (Å²) in [5, 5.41) is 12.1. The molecular weight excluding hydrogens is 322 g/mol. The Morgan fingerprint density at radius 2 is 1.90 bits per heavy atom. The van der Waals surface area contributed by atoms with Crippen LogP contribution in [-0.2, 0) is 13.8 Å². The van der Waals surface area contributed by atoms with E-state index in [1.54, 1.807) is 20.8 Å². The van der Waals surface area contributed by atoms with Crippen LogP contribution in [0.4, 0.5) is 10.5 Å². The van der Waals surface area contributed by atoms with Gasteiger partial charge in [0.25, 0.3) is 9.05 Å². The highest BCUT2D eigenvalue weighted by molar-refractivity contribution is 8.13. The standard InChI is InChI=1S/C12H16ClNO6S/c1-12(2,3)20-11(16)14-8-5-7(21(13,17)18)6-9(19-4)10(8)15/h5-6,15H,1-4H3,(H,14,16). The van der Waals surface area contributed by atoms with E-state index in [2.05, 4.69) is 5.32 Å². The quantitative estimate of drug-likeness (QED) is 0.649. The SMILES string of the molecule is COc1cc(S(=O)(=O)Cl)cc(NC(=O)OC(C)(C)C)c1O. The molecule has 0 bridgehead atoms. The molecule has 21 heavy (non-hydrogen) atoms. The molecule has 1 rings (SSSR count). The number of hydrogen-bond donors (Lipinski definition) is 2. The number of anilines is 1. The summed E-state index contributed by atoms with van der Waals surface area (Å²) in [4.78, 5) is 11.3. The number of nitrogens with one attached hydrogen (secondary N) is 1. The normalized spacial score (nSPS) is 11.9. The Morgan fingerprint density at radius 1 is 1.33 bits per heavy atom. The second-order valence-electron chi connectivity index (χ2n) is 5.09. The van der Waals surface area contributed by atoms with Gasteiger partial charge < -0.3 is 14.6 Å². The lowest BCUT2D eigenvalue weighted by atomic mass is 10.2. The molecule has 0 aromatic heterocycles. The van der Waals surface area contributed by atoms with Gasteiger partial charge in [-0.15, -0.1) is 0 Å². The number of phenols is 1. The Morgan fingerprint density at radius 3 is 2.33 bits per heavy atom. The minimum Gasteiger partial charge on any atom is -0.503 e. The largest absolute Gasteiger partial charge is 0.503 e. The third-order valence-electron chi connectivity index (χ3n) is 2.19. The summed E-state index contributed by atoms with van der Waals surface area (Å²) in [6.45, 7) is 4.98. The first-order valence-corrected chi connectivity index (χ1v) is 8.10. The van der Waals surface area contributed by atoms with E-state index >= 15 is 0 Å². The number of rotatable bonds is 3. The maximum atomic E-state index is 11.7. The molecule has 118 valence electrons. The second-order valence-corrected chi connectivity index (χ2v) is 7.65. The van der Waals surface area contributed by atoms with E-state index in [9.17, 15) is 18.3 Å². The molecule has 0 heterocycles. The fourth-order valence-corrected chi connectivity index (χ4v) is 2.16. The van der Waals surface area contributed by atoms with Gasteiger partial charge in [0.15, 0.2) is 11.5 Å². The van der Waals surface area contributed by atoms with Gasteiger partial charge in [0.1, 0.15) is 5.60 Å². The Labute approximate surface area is 127 Å². The van der Waals surface area contributed by atoms with E-state index in [1.807, 2.05) is 0 Å². The van der Waals surface area contributed by atoms with Crippen LogP contribution in [0.5, 0.6) is 11.5 Å². The van der Waals surface area contributed by atoms with Crippen LogP contribution in [0.2, 0.25) is 0 Å². The summed E-state index contributed by atoms with van der Waals surface area (Å²) in [6, 6.07) is 2.04. The monoisotopic (exact) mass is 337 g/mol. The molecule has 0 spiro atoms. The number of carbonyl (C=O) groups excluding carboxylic acids is 1. The molecule has 0 unspecified atom stereocenters. The molecular formula is C12H16ClNO6S. The number of hydrogen-bond acceptors (Lipinski definition) is 6. The van der Waals surface area contributed by atoms with Crippen LogP contribution in [0.15, 0.2) is 17.0 Å². The fraction of sp³-hybridized carbons (Fsp3) is 0.417. The number of halogens is 1. The zero-order valence-corrected chi connectivity index (χ0v) is 13.5. The van der Waals surface area contributed by atoms with Gasteiger partial charge in [-0.2, -0.15) is 0 Å². The molecule has 1 amide bonds. The smallest absolute Gasteiger partial charge is 0.412 e. The van der Waals surface area contributed by atoms with Gasteiger partial charge in [0.2, 0.25) is 0 Å². The molecule has 9 heteroatoms. The van der Waals surface area contributed by atoms with Gasteiger partial charge in [-0.25, -0.2) is 13.2 Å². The summed E-state index contributed by atoms with van der Waals surface area (Å²) in [5.74, 6) is -0.588. The van der Waals surface area contributed by atoms with Crippen LogP contribution >= 0.6 is 10.7 Å². The zero-order valence-electron chi connectivity index (χ0n) is 11.9. The third kappa shape index (κ3) is 4.98. The Hall–Kier alpha value is -1.67. The topological polar surface area (TPSA) is 102 Å². The molecule has 0 saturated heterocycles. The van der Waals surface area contributed by atoms with Crippen molar-refractivity contribution in [3.8, 4) is 11.5 Å². The summed E-state index contributed by atoms with van der Waals surface area (Å²) < 4.78 is 32.6. The molecule has 0 atom stereocenters. The van der Waals surface area contributed by atoms with Crippen molar-refractivity contribution >= 4 is 31.5 Å². The van der Waals surface area contributed by atoms with Crippen LogP contribution in [-0.4, -0.2) is 32.3 Å². The number of aromatic hydroxyl groups is 1. The molecule has 0 aliphatic rings. The fourth-order valence-electron chi connectivity index (χ4n) is 1.39. The van der Waals surface area contributed by atoms with Crippen LogP contribution in [0.25, 0.3) is 0 Å². The van der Waals surface area contributed by atoms with Gasteiger partial charge in [-0.1, -0.05) is 0 Å². The van der Waals surface area contributed by atoms with E-state index in [0.29, 0.717) is 0 Å². The number of benzene rings is 1. The minimum atomic E-state index is -4.06. The van der Waals surface area contributed by atoms with Crippen molar-refractivity contribution in [1.29, 1.82) is 0 Å². The highest BCUT2D eigenvalue weighted by Gasteiger charge is 2.21. The molecule has 0 radical (unpaired) electrons. The summed E-state index contributed by atoms with van der Waals surface area (Å²) in [7, 11) is 2.42. The van der Waals surface area contributed by atoms with Gasteiger partial charge in [-0.05, 0) is 26.8 Å². The van der Waals surface area contributed by atoms with E-state index < -0.39 is 26.5 Å². The van der Waals surface area contributed by atoms with Gasteiger partial charge >= 0.3 is 6.09 Å². The van der Waals surface area contributed by atoms with E-state index in [-0.39, 0.29) is 16.3 Å². The molecule has 0 aliphatic carbocycles. The minimum absolute atomic E-state index is 0.150. The van der Waals surface area contributed by atoms with E-state index in [4.69, 9.17) is 20.2 Å². The first kappa shape index (κ1) is 17.4. The highest BCUT2D eigenvalue weighted by Crippen LogP contribution is 2.37.